The zero-order valence-electron chi connectivity index (χ0n) is 13.2. The highest BCUT2D eigenvalue weighted by Crippen LogP contribution is 2.33. The van der Waals surface area contributed by atoms with Crippen LogP contribution in [0.25, 0.3) is 0 Å². The van der Waals surface area contributed by atoms with Crippen molar-refractivity contribution in [1.82, 2.24) is 0 Å². The van der Waals surface area contributed by atoms with Crippen LogP contribution < -0.4 is 4.90 Å². The molecule has 1 N–H and O–H groups in total. The molecule has 19 heavy (non-hydrogen) atoms. The third-order valence-electron chi connectivity index (χ3n) is 4.43. The third kappa shape index (κ3) is 4.98. The molecule has 0 radical (unpaired) electrons. The van der Waals surface area contributed by atoms with Crippen LogP contribution in [0.3, 0.4) is 0 Å². The van der Waals surface area contributed by atoms with Gasteiger partial charge in [0, 0.05) is 5.92 Å². The average Bonchev–Trinajstić information content (AvgIpc) is 2.34. The Kier molecular flexibility index (Phi) is 6.56. The fraction of sp³-hybridized carbons (Fsp3) is 0.812. The van der Waals surface area contributed by atoms with Crippen molar-refractivity contribution in [1.29, 1.82) is 0 Å². The molecule has 3 nitrogen and oxygen atoms in total. The van der Waals surface area contributed by atoms with Gasteiger partial charge in [0.05, 0.1) is 19.7 Å². The van der Waals surface area contributed by atoms with E-state index >= 15 is 0 Å². The van der Waals surface area contributed by atoms with Crippen LogP contribution in [0.15, 0.2) is 11.6 Å². The summed E-state index contributed by atoms with van der Waals surface area (Å²) in [5.74, 6) is 1.54. The second-order valence-corrected chi connectivity index (χ2v) is 6.03. The number of carbonyl (C=O) groups excluding carboxylic acids is 1. The Morgan fingerprint density at radius 1 is 1.37 bits per heavy atom. The minimum atomic E-state index is -0.0515. The highest BCUT2D eigenvalue weighted by atomic mass is 16.5. The minimum absolute atomic E-state index is 0.0515. The molecule has 0 aliphatic heterocycles. The van der Waals surface area contributed by atoms with E-state index in [1.807, 2.05) is 0 Å². The molecule has 3 atom stereocenters. The predicted molar refractivity (Wildman–Crippen MR) is 78.1 cm³/mol. The summed E-state index contributed by atoms with van der Waals surface area (Å²) < 4.78 is 5.50. The zero-order valence-corrected chi connectivity index (χ0v) is 13.2. The Labute approximate surface area is 118 Å². The number of allylic oxidation sites excluding steroid dienone is 2. The number of nitrogens with one attached hydrogen (secondary N) is 1. The molecule has 3 heteroatoms. The van der Waals surface area contributed by atoms with Crippen molar-refractivity contribution < 1.29 is 14.4 Å². The molecule has 0 aromatic heterocycles. The smallest absolute Gasteiger partial charge is 0.361 e. The molecule has 0 unspecified atom stereocenters. The number of likely N-dealkylation sites (N-methyl/N-ethyl adjacent to an activating group) is 1. The lowest BCUT2D eigenvalue weighted by Gasteiger charge is -2.32. The summed E-state index contributed by atoms with van der Waals surface area (Å²) in [6.45, 7) is 13.9. The van der Waals surface area contributed by atoms with Crippen LogP contribution in [0.4, 0.5) is 0 Å². The molecule has 0 fully saturated rings. The van der Waals surface area contributed by atoms with E-state index in [4.69, 9.17) is 4.74 Å². The molecule has 1 aliphatic rings. The van der Waals surface area contributed by atoms with Gasteiger partial charge in [-0.1, -0.05) is 25.5 Å². The van der Waals surface area contributed by atoms with Crippen molar-refractivity contribution in [2.24, 2.45) is 17.8 Å². The third-order valence-corrected chi connectivity index (χ3v) is 4.43. The number of esters is 1. The number of ether oxygens (including phenoxy) is 1. The molecule has 0 saturated heterocycles. The first-order valence-corrected chi connectivity index (χ1v) is 7.64. The van der Waals surface area contributed by atoms with Gasteiger partial charge in [-0.15, -0.1) is 0 Å². The van der Waals surface area contributed by atoms with Crippen molar-refractivity contribution in [2.75, 3.05) is 26.2 Å². The van der Waals surface area contributed by atoms with Crippen molar-refractivity contribution >= 4 is 5.97 Å². The molecule has 110 valence electrons. The van der Waals surface area contributed by atoms with E-state index in [1.165, 1.54) is 10.5 Å². The molecule has 0 bridgehead atoms. The van der Waals surface area contributed by atoms with Gasteiger partial charge in [0.2, 0.25) is 0 Å². The maximum atomic E-state index is 11.8. The Morgan fingerprint density at radius 2 is 2.00 bits per heavy atom. The Bertz CT molecular complexity index is 321. The summed E-state index contributed by atoms with van der Waals surface area (Å²) in [6.07, 6.45) is 3.46. The number of rotatable bonds is 6. The summed E-state index contributed by atoms with van der Waals surface area (Å²) in [6, 6.07) is 0. The van der Waals surface area contributed by atoms with Crippen LogP contribution in [0.1, 0.15) is 41.0 Å². The molecule has 1 rings (SSSR count). The number of hydrogen-bond donors (Lipinski definition) is 1. The lowest BCUT2D eigenvalue weighted by Crippen LogP contribution is -3.12. The van der Waals surface area contributed by atoms with Gasteiger partial charge in [0.15, 0.2) is 6.54 Å². The molecule has 0 amide bonds. The first-order valence-electron chi connectivity index (χ1n) is 7.64. The van der Waals surface area contributed by atoms with Crippen LogP contribution in [-0.2, 0) is 9.53 Å². The van der Waals surface area contributed by atoms with Gasteiger partial charge in [-0.25, -0.2) is 4.79 Å². The first-order chi connectivity index (χ1) is 8.97. The highest BCUT2D eigenvalue weighted by molar-refractivity contribution is 5.70. The summed E-state index contributed by atoms with van der Waals surface area (Å²) >= 11 is 0. The lowest BCUT2D eigenvalue weighted by atomic mass is 9.75. The Morgan fingerprint density at radius 3 is 2.53 bits per heavy atom. The SMILES string of the molecule is CC[NH+](CC)CC(=O)OC[C@H]1[C@@H](C)C=C(C)C[C@@H]1C. The zero-order chi connectivity index (χ0) is 14.4. The van der Waals surface area contributed by atoms with Gasteiger partial charge in [0.25, 0.3) is 0 Å². The van der Waals surface area contributed by atoms with Gasteiger partial charge in [0.1, 0.15) is 0 Å². The summed E-state index contributed by atoms with van der Waals surface area (Å²) in [4.78, 5) is 13.1. The molecular weight excluding hydrogens is 238 g/mol. The van der Waals surface area contributed by atoms with E-state index in [2.05, 4.69) is 40.7 Å². The molecule has 0 spiro atoms. The van der Waals surface area contributed by atoms with E-state index in [0.717, 1.165) is 19.5 Å². The van der Waals surface area contributed by atoms with E-state index < -0.39 is 0 Å². The normalized spacial score (nSPS) is 27.3. The summed E-state index contributed by atoms with van der Waals surface area (Å²) in [5, 5.41) is 0. The fourth-order valence-corrected chi connectivity index (χ4v) is 3.08. The molecular formula is C16H30NO2+. The van der Waals surface area contributed by atoms with Gasteiger partial charge < -0.3 is 9.64 Å². The van der Waals surface area contributed by atoms with Crippen LogP contribution in [0, 0.1) is 17.8 Å². The summed E-state index contributed by atoms with van der Waals surface area (Å²) in [5.41, 5.74) is 1.47. The van der Waals surface area contributed by atoms with Crippen molar-refractivity contribution in [3.8, 4) is 0 Å². The van der Waals surface area contributed by atoms with Crippen molar-refractivity contribution in [2.45, 2.75) is 41.0 Å². The standard InChI is InChI=1S/C16H29NO2/c1-6-17(7-2)10-16(18)19-11-15-13(4)8-12(3)9-14(15)5/h8,13-15H,6-7,9-11H2,1-5H3/p+1/t13-,14-,15-/m0/s1. The molecule has 1 aliphatic carbocycles. The van der Waals surface area contributed by atoms with Crippen molar-refractivity contribution in [3.63, 3.8) is 0 Å². The van der Waals surface area contributed by atoms with Gasteiger partial charge in [-0.2, -0.15) is 0 Å². The predicted octanol–water partition coefficient (Wildman–Crippen LogP) is 1.69. The van der Waals surface area contributed by atoms with Crippen molar-refractivity contribution in [3.05, 3.63) is 11.6 Å². The topological polar surface area (TPSA) is 30.7 Å². The van der Waals surface area contributed by atoms with E-state index in [1.54, 1.807) is 0 Å². The van der Waals surface area contributed by atoms with Gasteiger partial charge in [-0.05, 0) is 39.0 Å². The minimum Gasteiger partial charge on any atom is -0.461 e. The molecule has 0 aromatic carbocycles. The largest absolute Gasteiger partial charge is 0.461 e. The average molecular weight is 268 g/mol. The van der Waals surface area contributed by atoms with Crippen LogP contribution in [-0.4, -0.2) is 32.2 Å². The Hall–Kier alpha value is -0.830. The van der Waals surface area contributed by atoms with E-state index in [0.29, 0.717) is 30.9 Å². The molecule has 0 heterocycles. The van der Waals surface area contributed by atoms with E-state index in [9.17, 15) is 4.79 Å². The fourth-order valence-electron chi connectivity index (χ4n) is 3.08. The lowest BCUT2D eigenvalue weighted by molar-refractivity contribution is -0.888. The number of carbonyl (C=O) groups is 1. The molecule has 0 aromatic rings. The monoisotopic (exact) mass is 268 g/mol. The first kappa shape index (κ1) is 16.2. The van der Waals surface area contributed by atoms with Crippen LogP contribution >= 0.6 is 0 Å². The maximum Gasteiger partial charge on any atom is 0.361 e. The van der Waals surface area contributed by atoms with Gasteiger partial charge >= 0.3 is 5.97 Å². The van der Waals surface area contributed by atoms with Crippen LogP contribution in [0.2, 0.25) is 0 Å². The number of hydrogen-bond acceptors (Lipinski definition) is 2. The maximum absolute atomic E-state index is 11.8. The molecule has 0 saturated carbocycles. The Balaban J connectivity index is 2.41. The second-order valence-electron chi connectivity index (χ2n) is 6.03. The van der Waals surface area contributed by atoms with E-state index in [-0.39, 0.29) is 5.97 Å². The quantitative estimate of drug-likeness (QED) is 0.587. The second kappa shape index (κ2) is 7.68. The van der Waals surface area contributed by atoms with Gasteiger partial charge in [-0.3, -0.25) is 0 Å². The highest BCUT2D eigenvalue weighted by Gasteiger charge is 2.28. The van der Waals surface area contributed by atoms with Crippen LogP contribution in [0.5, 0.6) is 0 Å². The number of quaternary nitrogens is 1. The summed E-state index contributed by atoms with van der Waals surface area (Å²) in [7, 11) is 0.